The van der Waals surface area contributed by atoms with Gasteiger partial charge in [-0.1, -0.05) is 40.9 Å². The Kier molecular flexibility index (Phi) is 4.41. The molecule has 1 atom stereocenters. The van der Waals surface area contributed by atoms with Gasteiger partial charge in [-0.25, -0.2) is 0 Å². The van der Waals surface area contributed by atoms with Crippen molar-refractivity contribution in [2.45, 2.75) is 19.4 Å². The molecule has 1 heterocycles. The van der Waals surface area contributed by atoms with E-state index in [0.29, 0.717) is 27.1 Å². The van der Waals surface area contributed by atoms with Crippen molar-refractivity contribution >= 4 is 34.8 Å². The topological polar surface area (TPSA) is 38.0 Å². The lowest BCUT2D eigenvalue weighted by atomic mass is 10.0. The van der Waals surface area contributed by atoms with Crippen molar-refractivity contribution in [3.05, 3.63) is 50.2 Å². The van der Waals surface area contributed by atoms with Crippen LogP contribution in [0, 0.1) is 6.92 Å². The lowest BCUT2D eigenvalue weighted by molar-refractivity contribution is 0.176. The number of rotatable bonds is 3. The van der Waals surface area contributed by atoms with E-state index in [9.17, 15) is 5.11 Å². The second-order valence-electron chi connectivity index (χ2n) is 4.36. The first-order valence-electron chi connectivity index (χ1n) is 5.71. The van der Waals surface area contributed by atoms with Crippen molar-refractivity contribution in [3.8, 4) is 0 Å². The largest absolute Gasteiger partial charge is 0.388 e. The van der Waals surface area contributed by atoms with Crippen LogP contribution in [0.25, 0.3) is 0 Å². The summed E-state index contributed by atoms with van der Waals surface area (Å²) in [4.78, 5) is 0. The average Bonchev–Trinajstić information content (AvgIpc) is 2.56. The number of benzene rings is 1. The van der Waals surface area contributed by atoms with E-state index in [0.717, 1.165) is 11.4 Å². The van der Waals surface area contributed by atoms with Crippen LogP contribution in [0.5, 0.6) is 0 Å². The van der Waals surface area contributed by atoms with Gasteiger partial charge in [0.1, 0.15) is 0 Å². The van der Waals surface area contributed by atoms with Gasteiger partial charge in [0.05, 0.1) is 22.5 Å². The highest BCUT2D eigenvalue weighted by Gasteiger charge is 2.18. The van der Waals surface area contributed by atoms with E-state index >= 15 is 0 Å². The second kappa shape index (κ2) is 5.71. The second-order valence-corrected chi connectivity index (χ2v) is 5.58. The summed E-state index contributed by atoms with van der Waals surface area (Å²) in [6.45, 7) is 1.83. The van der Waals surface area contributed by atoms with Crippen LogP contribution in [0.1, 0.15) is 23.1 Å². The molecule has 2 rings (SSSR count). The van der Waals surface area contributed by atoms with Gasteiger partial charge in [0.25, 0.3) is 0 Å². The molecule has 0 radical (unpaired) electrons. The maximum Gasteiger partial charge on any atom is 0.0860 e. The number of aromatic nitrogens is 2. The minimum atomic E-state index is -0.753. The van der Waals surface area contributed by atoms with E-state index in [4.69, 9.17) is 34.8 Å². The first-order chi connectivity index (χ1) is 8.90. The Hall–Kier alpha value is -0.740. The summed E-state index contributed by atoms with van der Waals surface area (Å²) < 4.78 is 1.67. The number of aliphatic hydroxyl groups excluding tert-OH is 1. The standard InChI is InChI=1S/C13H13Cl3N2O/c1-7-13(16)11(18(2)17-7)6-12(19)9-4-3-8(14)5-10(9)15/h3-5,12,19H,6H2,1-2H3. The Labute approximate surface area is 126 Å². The molecule has 0 aliphatic carbocycles. The molecular weight excluding hydrogens is 307 g/mol. The molecule has 0 spiro atoms. The molecule has 3 nitrogen and oxygen atoms in total. The molecule has 2 aromatic rings. The maximum atomic E-state index is 10.3. The third kappa shape index (κ3) is 3.06. The molecule has 1 N–H and O–H groups in total. The molecule has 1 aromatic heterocycles. The van der Waals surface area contributed by atoms with E-state index in [1.54, 1.807) is 29.9 Å². The minimum Gasteiger partial charge on any atom is -0.388 e. The lowest BCUT2D eigenvalue weighted by Crippen LogP contribution is -2.07. The van der Waals surface area contributed by atoms with Crippen LogP contribution in [-0.4, -0.2) is 14.9 Å². The van der Waals surface area contributed by atoms with Gasteiger partial charge in [-0.05, 0) is 24.6 Å². The van der Waals surface area contributed by atoms with Crippen molar-refractivity contribution in [2.24, 2.45) is 7.05 Å². The fraction of sp³-hybridized carbons (Fsp3) is 0.308. The molecule has 0 aliphatic rings. The average molecular weight is 320 g/mol. The van der Waals surface area contributed by atoms with Crippen molar-refractivity contribution < 1.29 is 5.11 Å². The number of nitrogens with zero attached hydrogens (tertiary/aromatic N) is 2. The quantitative estimate of drug-likeness (QED) is 0.929. The molecular formula is C13H13Cl3N2O. The monoisotopic (exact) mass is 318 g/mol. The van der Waals surface area contributed by atoms with E-state index in [2.05, 4.69) is 5.10 Å². The molecule has 0 saturated carbocycles. The molecule has 1 aromatic carbocycles. The van der Waals surface area contributed by atoms with Gasteiger partial charge < -0.3 is 5.11 Å². The third-order valence-electron chi connectivity index (χ3n) is 2.97. The molecule has 0 bridgehead atoms. The van der Waals surface area contributed by atoms with E-state index < -0.39 is 6.10 Å². The van der Waals surface area contributed by atoms with Gasteiger partial charge >= 0.3 is 0 Å². The van der Waals surface area contributed by atoms with Crippen molar-refractivity contribution in [1.29, 1.82) is 0 Å². The smallest absolute Gasteiger partial charge is 0.0860 e. The fourth-order valence-corrected chi connectivity index (χ4v) is 2.74. The summed E-state index contributed by atoms with van der Waals surface area (Å²) in [5, 5.41) is 16.0. The number of aliphatic hydroxyl groups is 1. The lowest BCUT2D eigenvalue weighted by Gasteiger charge is -2.13. The van der Waals surface area contributed by atoms with Crippen LogP contribution in [0.15, 0.2) is 18.2 Å². The first-order valence-corrected chi connectivity index (χ1v) is 6.84. The summed E-state index contributed by atoms with van der Waals surface area (Å²) in [6.07, 6.45) is -0.408. The zero-order valence-electron chi connectivity index (χ0n) is 10.5. The van der Waals surface area contributed by atoms with Gasteiger partial charge in [-0.3, -0.25) is 4.68 Å². The van der Waals surface area contributed by atoms with E-state index in [1.165, 1.54) is 0 Å². The maximum absolute atomic E-state index is 10.3. The summed E-state index contributed by atoms with van der Waals surface area (Å²) in [5.74, 6) is 0. The van der Waals surface area contributed by atoms with Crippen LogP contribution in [0.2, 0.25) is 15.1 Å². The molecule has 0 aliphatic heterocycles. The van der Waals surface area contributed by atoms with Gasteiger partial charge in [-0.15, -0.1) is 0 Å². The summed E-state index contributed by atoms with van der Waals surface area (Å²) in [6, 6.07) is 5.02. The Balaban J connectivity index is 2.28. The number of hydrogen-bond acceptors (Lipinski definition) is 2. The van der Waals surface area contributed by atoms with Crippen LogP contribution in [-0.2, 0) is 13.5 Å². The van der Waals surface area contributed by atoms with E-state index in [1.807, 2.05) is 6.92 Å². The zero-order valence-corrected chi connectivity index (χ0v) is 12.8. The van der Waals surface area contributed by atoms with E-state index in [-0.39, 0.29) is 0 Å². The molecule has 6 heteroatoms. The zero-order chi connectivity index (χ0) is 14.2. The fourth-order valence-electron chi connectivity index (χ4n) is 1.97. The van der Waals surface area contributed by atoms with Gasteiger partial charge in [0.2, 0.25) is 0 Å². The summed E-state index contributed by atoms with van der Waals surface area (Å²) in [5.41, 5.74) is 2.15. The van der Waals surface area contributed by atoms with Crippen molar-refractivity contribution in [2.75, 3.05) is 0 Å². The molecule has 102 valence electrons. The van der Waals surface area contributed by atoms with Crippen LogP contribution in [0.3, 0.4) is 0 Å². The Morgan fingerprint density at radius 2 is 2.00 bits per heavy atom. The normalized spacial score (nSPS) is 12.7. The first kappa shape index (κ1) is 14.7. The summed E-state index contributed by atoms with van der Waals surface area (Å²) in [7, 11) is 1.80. The van der Waals surface area contributed by atoms with Crippen LogP contribution < -0.4 is 0 Å². The molecule has 19 heavy (non-hydrogen) atoms. The third-order valence-corrected chi connectivity index (χ3v) is 4.02. The Bertz CT molecular complexity index is 610. The van der Waals surface area contributed by atoms with Crippen molar-refractivity contribution in [1.82, 2.24) is 9.78 Å². The van der Waals surface area contributed by atoms with Gasteiger partial charge in [-0.2, -0.15) is 5.10 Å². The number of aryl methyl sites for hydroxylation is 2. The highest BCUT2D eigenvalue weighted by Crippen LogP contribution is 2.30. The summed E-state index contributed by atoms with van der Waals surface area (Å²) >= 11 is 18.1. The van der Waals surface area contributed by atoms with Crippen LogP contribution in [0.4, 0.5) is 0 Å². The highest BCUT2D eigenvalue weighted by molar-refractivity contribution is 6.35. The highest BCUT2D eigenvalue weighted by atomic mass is 35.5. The Morgan fingerprint density at radius 3 is 2.53 bits per heavy atom. The molecule has 0 amide bonds. The minimum absolute atomic E-state index is 0.345. The number of hydrogen-bond donors (Lipinski definition) is 1. The predicted octanol–water partition coefficient (Wildman–Crippen LogP) is 3.96. The van der Waals surface area contributed by atoms with Crippen LogP contribution >= 0.6 is 34.8 Å². The van der Waals surface area contributed by atoms with Gasteiger partial charge in [0.15, 0.2) is 0 Å². The molecule has 0 saturated heterocycles. The predicted molar refractivity (Wildman–Crippen MR) is 78.1 cm³/mol. The SMILES string of the molecule is Cc1nn(C)c(CC(O)c2ccc(Cl)cc2Cl)c1Cl. The van der Waals surface area contributed by atoms with Crippen molar-refractivity contribution in [3.63, 3.8) is 0 Å². The Morgan fingerprint density at radius 1 is 1.32 bits per heavy atom. The molecule has 1 unspecified atom stereocenters. The molecule has 0 fully saturated rings. The van der Waals surface area contributed by atoms with Gasteiger partial charge in [0, 0.05) is 23.5 Å². The number of halogens is 3.